The summed E-state index contributed by atoms with van der Waals surface area (Å²) in [7, 11) is 0. The summed E-state index contributed by atoms with van der Waals surface area (Å²) in [4.78, 5) is 4.44. The van der Waals surface area contributed by atoms with Crippen LogP contribution in [0.5, 0.6) is 0 Å². The van der Waals surface area contributed by atoms with Crippen LogP contribution in [0.4, 0.5) is 0 Å². The van der Waals surface area contributed by atoms with Gasteiger partial charge in [0.25, 0.3) is 0 Å². The Balaban J connectivity index is 1.52. The highest BCUT2D eigenvalue weighted by Gasteiger charge is 2.22. The SMILES string of the molecule is C1CCC(Cc2noc(CC3CNC3)n2)OC1. The molecule has 2 aliphatic heterocycles. The first-order valence-electron chi connectivity index (χ1n) is 6.54. The van der Waals surface area contributed by atoms with E-state index in [0.717, 1.165) is 50.7 Å². The molecular formula is C12H19N3O2. The van der Waals surface area contributed by atoms with Crippen LogP contribution >= 0.6 is 0 Å². The average Bonchev–Trinajstić information content (AvgIpc) is 2.73. The number of rotatable bonds is 4. The number of aromatic nitrogens is 2. The van der Waals surface area contributed by atoms with Gasteiger partial charge in [0.05, 0.1) is 6.10 Å². The standard InChI is InChI=1S/C12H19N3O2/c1-2-4-16-10(3-1)6-11-14-12(17-15-11)5-9-7-13-8-9/h9-10,13H,1-8H2. The van der Waals surface area contributed by atoms with Crippen molar-refractivity contribution in [2.24, 2.45) is 5.92 Å². The summed E-state index contributed by atoms with van der Waals surface area (Å²) >= 11 is 0. The average molecular weight is 237 g/mol. The molecule has 0 radical (unpaired) electrons. The van der Waals surface area contributed by atoms with Gasteiger partial charge in [0.15, 0.2) is 5.82 Å². The molecule has 0 aliphatic carbocycles. The van der Waals surface area contributed by atoms with Crippen molar-refractivity contribution < 1.29 is 9.26 Å². The molecule has 2 aliphatic rings. The Labute approximate surface area is 101 Å². The summed E-state index contributed by atoms with van der Waals surface area (Å²) in [5.41, 5.74) is 0. The third-order valence-corrected chi connectivity index (χ3v) is 3.52. The highest BCUT2D eigenvalue weighted by molar-refractivity contribution is 4.92. The molecule has 94 valence electrons. The zero-order valence-electron chi connectivity index (χ0n) is 10.0. The van der Waals surface area contributed by atoms with Gasteiger partial charge in [-0.1, -0.05) is 5.16 Å². The smallest absolute Gasteiger partial charge is 0.227 e. The van der Waals surface area contributed by atoms with Crippen molar-refractivity contribution in [3.05, 3.63) is 11.7 Å². The zero-order chi connectivity index (χ0) is 11.5. The highest BCUT2D eigenvalue weighted by Crippen LogP contribution is 2.17. The van der Waals surface area contributed by atoms with Gasteiger partial charge in [-0.25, -0.2) is 0 Å². The molecule has 5 heteroatoms. The van der Waals surface area contributed by atoms with Crippen molar-refractivity contribution in [1.29, 1.82) is 0 Å². The van der Waals surface area contributed by atoms with Crippen LogP contribution in [0, 0.1) is 5.92 Å². The van der Waals surface area contributed by atoms with Crippen molar-refractivity contribution in [3.63, 3.8) is 0 Å². The molecule has 17 heavy (non-hydrogen) atoms. The van der Waals surface area contributed by atoms with E-state index < -0.39 is 0 Å². The molecule has 1 atom stereocenters. The third kappa shape index (κ3) is 2.84. The maximum Gasteiger partial charge on any atom is 0.227 e. The largest absolute Gasteiger partial charge is 0.378 e. The molecule has 1 aromatic heterocycles. The Morgan fingerprint density at radius 3 is 2.88 bits per heavy atom. The molecule has 3 heterocycles. The van der Waals surface area contributed by atoms with Crippen LogP contribution in [0.25, 0.3) is 0 Å². The topological polar surface area (TPSA) is 60.2 Å². The third-order valence-electron chi connectivity index (χ3n) is 3.52. The molecule has 2 fully saturated rings. The number of hydrogen-bond donors (Lipinski definition) is 1. The van der Waals surface area contributed by atoms with Gasteiger partial charge in [-0.15, -0.1) is 0 Å². The molecule has 0 aromatic carbocycles. The maximum absolute atomic E-state index is 5.67. The fraction of sp³-hybridized carbons (Fsp3) is 0.833. The van der Waals surface area contributed by atoms with Crippen LogP contribution in [-0.4, -0.2) is 35.9 Å². The second-order valence-corrected chi connectivity index (χ2v) is 5.03. The minimum atomic E-state index is 0.291. The monoisotopic (exact) mass is 237 g/mol. The Hall–Kier alpha value is -0.940. The lowest BCUT2D eigenvalue weighted by Crippen LogP contribution is -2.43. The van der Waals surface area contributed by atoms with E-state index in [-0.39, 0.29) is 0 Å². The predicted molar refractivity (Wildman–Crippen MR) is 61.7 cm³/mol. The Morgan fingerprint density at radius 2 is 2.18 bits per heavy atom. The Bertz CT molecular complexity index is 356. The minimum Gasteiger partial charge on any atom is -0.378 e. The van der Waals surface area contributed by atoms with E-state index in [9.17, 15) is 0 Å². The van der Waals surface area contributed by atoms with Crippen LogP contribution in [0.15, 0.2) is 4.52 Å². The quantitative estimate of drug-likeness (QED) is 0.844. The number of ether oxygens (including phenoxy) is 1. The first-order chi connectivity index (χ1) is 8.40. The second kappa shape index (κ2) is 5.14. The van der Waals surface area contributed by atoms with E-state index in [2.05, 4.69) is 15.5 Å². The van der Waals surface area contributed by atoms with E-state index in [1.807, 2.05) is 0 Å². The van der Waals surface area contributed by atoms with Gasteiger partial charge in [0.1, 0.15) is 0 Å². The highest BCUT2D eigenvalue weighted by atomic mass is 16.5. The van der Waals surface area contributed by atoms with Crippen molar-refractivity contribution >= 4 is 0 Å². The van der Waals surface area contributed by atoms with Crippen LogP contribution < -0.4 is 5.32 Å². The number of hydrogen-bond acceptors (Lipinski definition) is 5. The van der Waals surface area contributed by atoms with Crippen molar-refractivity contribution in [2.45, 2.75) is 38.2 Å². The van der Waals surface area contributed by atoms with E-state index in [4.69, 9.17) is 9.26 Å². The van der Waals surface area contributed by atoms with Crippen molar-refractivity contribution in [1.82, 2.24) is 15.5 Å². The lowest BCUT2D eigenvalue weighted by molar-refractivity contribution is 0.0153. The molecule has 0 bridgehead atoms. The second-order valence-electron chi connectivity index (χ2n) is 5.03. The van der Waals surface area contributed by atoms with Gasteiger partial charge in [0.2, 0.25) is 5.89 Å². The first kappa shape index (κ1) is 11.2. The molecule has 0 amide bonds. The summed E-state index contributed by atoms with van der Waals surface area (Å²) in [5, 5.41) is 7.28. The van der Waals surface area contributed by atoms with Gasteiger partial charge in [-0.2, -0.15) is 4.98 Å². The minimum absolute atomic E-state index is 0.291. The number of nitrogens with zero attached hydrogens (tertiary/aromatic N) is 2. The first-order valence-corrected chi connectivity index (χ1v) is 6.54. The summed E-state index contributed by atoms with van der Waals surface area (Å²) in [6, 6.07) is 0. The van der Waals surface area contributed by atoms with E-state index in [0.29, 0.717) is 12.0 Å². The molecule has 1 aromatic rings. The molecule has 1 unspecified atom stereocenters. The summed E-state index contributed by atoms with van der Waals surface area (Å²) in [6.45, 7) is 3.02. The fourth-order valence-electron chi connectivity index (χ4n) is 2.37. The van der Waals surface area contributed by atoms with Crippen molar-refractivity contribution in [3.8, 4) is 0 Å². The lowest BCUT2D eigenvalue weighted by Gasteiger charge is -2.25. The summed E-state index contributed by atoms with van der Waals surface area (Å²) < 4.78 is 10.9. The molecule has 5 nitrogen and oxygen atoms in total. The van der Waals surface area contributed by atoms with Crippen molar-refractivity contribution in [2.75, 3.05) is 19.7 Å². The number of nitrogens with one attached hydrogen (secondary N) is 1. The van der Waals surface area contributed by atoms with Crippen LogP contribution in [-0.2, 0) is 17.6 Å². The van der Waals surface area contributed by atoms with Crippen LogP contribution in [0.2, 0.25) is 0 Å². The van der Waals surface area contributed by atoms with Gasteiger partial charge >= 0.3 is 0 Å². The van der Waals surface area contributed by atoms with Gasteiger partial charge in [-0.3, -0.25) is 0 Å². The van der Waals surface area contributed by atoms with Gasteiger partial charge in [-0.05, 0) is 38.3 Å². The normalized spacial score (nSPS) is 25.8. The van der Waals surface area contributed by atoms with E-state index in [1.165, 1.54) is 12.8 Å². The van der Waals surface area contributed by atoms with Gasteiger partial charge < -0.3 is 14.6 Å². The van der Waals surface area contributed by atoms with E-state index in [1.54, 1.807) is 0 Å². The lowest BCUT2D eigenvalue weighted by atomic mass is 10.00. The molecule has 2 saturated heterocycles. The summed E-state index contributed by atoms with van der Waals surface area (Å²) in [5.74, 6) is 2.26. The molecule has 0 saturated carbocycles. The predicted octanol–water partition coefficient (Wildman–Crippen LogP) is 0.943. The molecular weight excluding hydrogens is 218 g/mol. The van der Waals surface area contributed by atoms with Crippen LogP contribution in [0.3, 0.4) is 0 Å². The maximum atomic E-state index is 5.67. The zero-order valence-corrected chi connectivity index (χ0v) is 10.0. The Kier molecular flexibility index (Phi) is 3.38. The van der Waals surface area contributed by atoms with E-state index >= 15 is 0 Å². The molecule has 0 spiro atoms. The van der Waals surface area contributed by atoms with Gasteiger partial charge in [0, 0.05) is 19.4 Å². The van der Waals surface area contributed by atoms with Crippen LogP contribution in [0.1, 0.15) is 31.0 Å². The molecule has 3 rings (SSSR count). The summed E-state index contributed by atoms with van der Waals surface area (Å²) in [6.07, 6.45) is 5.56. The fourth-order valence-corrected chi connectivity index (χ4v) is 2.37. The Morgan fingerprint density at radius 1 is 1.24 bits per heavy atom. The molecule has 1 N–H and O–H groups in total.